The van der Waals surface area contributed by atoms with E-state index in [4.69, 9.17) is 0 Å². The quantitative estimate of drug-likeness (QED) is 0.752. The minimum atomic E-state index is 0.598. The molecular weight excluding hydrogens is 222 g/mol. The van der Waals surface area contributed by atoms with Crippen LogP contribution in [0.5, 0.6) is 0 Å². The summed E-state index contributed by atoms with van der Waals surface area (Å²) in [6, 6.07) is 2.03. The Kier molecular flexibility index (Phi) is 7.20. The number of hydrogen-bond acceptors (Lipinski definition) is 3. The Labute approximate surface area is 114 Å². The molecule has 0 radical (unpaired) electrons. The average Bonchev–Trinajstić information content (AvgIpc) is 2.34. The molecule has 1 saturated heterocycles. The molecule has 0 aromatic carbocycles. The molecule has 1 aliphatic heterocycles. The number of hydrogen-bond donors (Lipinski definition) is 1. The lowest BCUT2D eigenvalue weighted by Gasteiger charge is -2.41. The van der Waals surface area contributed by atoms with Crippen molar-refractivity contribution in [2.24, 2.45) is 0 Å². The summed E-state index contributed by atoms with van der Waals surface area (Å²) in [6.07, 6.45) is 2.61. The number of nitrogens with one attached hydrogen (secondary N) is 1. The van der Waals surface area contributed by atoms with E-state index in [0.29, 0.717) is 12.1 Å². The fourth-order valence-electron chi connectivity index (χ4n) is 2.74. The molecule has 1 unspecified atom stereocenters. The summed E-state index contributed by atoms with van der Waals surface area (Å²) in [5, 5.41) is 3.61. The summed E-state index contributed by atoms with van der Waals surface area (Å²) in [6.45, 7) is 17.5. The topological polar surface area (TPSA) is 18.5 Å². The number of rotatable bonds is 7. The molecule has 0 amide bonds. The van der Waals surface area contributed by atoms with Crippen molar-refractivity contribution in [1.29, 1.82) is 0 Å². The molecule has 0 aromatic heterocycles. The summed E-state index contributed by atoms with van der Waals surface area (Å²) >= 11 is 0. The summed E-state index contributed by atoms with van der Waals surface area (Å²) in [5.74, 6) is 0. The van der Waals surface area contributed by atoms with Crippen LogP contribution < -0.4 is 5.32 Å². The van der Waals surface area contributed by atoms with Crippen LogP contribution in [0.1, 0.15) is 47.5 Å². The zero-order valence-corrected chi connectivity index (χ0v) is 13.1. The van der Waals surface area contributed by atoms with Gasteiger partial charge >= 0.3 is 0 Å². The highest BCUT2D eigenvalue weighted by atomic mass is 15.3. The second-order valence-corrected chi connectivity index (χ2v) is 6.17. The zero-order chi connectivity index (χ0) is 13.5. The van der Waals surface area contributed by atoms with Crippen LogP contribution in [-0.2, 0) is 0 Å². The van der Waals surface area contributed by atoms with E-state index < -0.39 is 0 Å². The normalized spacial score (nSPS) is 20.8. The van der Waals surface area contributed by atoms with Gasteiger partial charge in [-0.15, -0.1) is 0 Å². The van der Waals surface area contributed by atoms with E-state index >= 15 is 0 Å². The highest BCUT2D eigenvalue weighted by Gasteiger charge is 2.24. The zero-order valence-electron chi connectivity index (χ0n) is 13.1. The van der Waals surface area contributed by atoms with E-state index in [1.807, 2.05) is 0 Å². The molecule has 1 rings (SSSR count). The van der Waals surface area contributed by atoms with Crippen molar-refractivity contribution in [2.75, 3.05) is 32.7 Å². The molecule has 108 valence electrons. The standard InChI is InChI=1S/C15H33N3/c1-6-7-15(12-16-13(2)3)18-10-8-17(9-11-18)14(4)5/h13-16H,6-12H2,1-5H3. The van der Waals surface area contributed by atoms with Gasteiger partial charge in [-0.25, -0.2) is 0 Å². The fraction of sp³-hybridized carbons (Fsp3) is 1.00. The van der Waals surface area contributed by atoms with Crippen LogP contribution in [0.4, 0.5) is 0 Å². The first-order valence-electron chi connectivity index (χ1n) is 7.76. The van der Waals surface area contributed by atoms with Crippen LogP contribution in [0.2, 0.25) is 0 Å². The Morgan fingerprint density at radius 2 is 1.50 bits per heavy atom. The van der Waals surface area contributed by atoms with E-state index in [2.05, 4.69) is 49.7 Å². The lowest BCUT2D eigenvalue weighted by atomic mass is 10.1. The summed E-state index contributed by atoms with van der Waals surface area (Å²) < 4.78 is 0. The van der Waals surface area contributed by atoms with Crippen LogP contribution in [0, 0.1) is 0 Å². The fourth-order valence-corrected chi connectivity index (χ4v) is 2.74. The summed E-state index contributed by atoms with van der Waals surface area (Å²) in [5.41, 5.74) is 0. The van der Waals surface area contributed by atoms with Crippen molar-refractivity contribution in [3.05, 3.63) is 0 Å². The molecule has 0 saturated carbocycles. The van der Waals surface area contributed by atoms with Crippen molar-refractivity contribution < 1.29 is 0 Å². The van der Waals surface area contributed by atoms with Gasteiger partial charge in [0, 0.05) is 50.8 Å². The highest BCUT2D eigenvalue weighted by molar-refractivity contribution is 4.81. The van der Waals surface area contributed by atoms with Crippen LogP contribution in [0.3, 0.4) is 0 Å². The van der Waals surface area contributed by atoms with Crippen molar-refractivity contribution in [3.8, 4) is 0 Å². The van der Waals surface area contributed by atoms with Gasteiger partial charge < -0.3 is 5.32 Å². The molecule has 1 N–H and O–H groups in total. The first-order valence-corrected chi connectivity index (χ1v) is 7.76. The first-order chi connectivity index (χ1) is 8.54. The molecule has 3 heteroatoms. The van der Waals surface area contributed by atoms with Crippen molar-refractivity contribution in [1.82, 2.24) is 15.1 Å². The molecule has 18 heavy (non-hydrogen) atoms. The van der Waals surface area contributed by atoms with E-state index in [-0.39, 0.29) is 0 Å². The minimum Gasteiger partial charge on any atom is -0.313 e. The van der Waals surface area contributed by atoms with Crippen molar-refractivity contribution in [2.45, 2.75) is 65.6 Å². The Balaban J connectivity index is 2.39. The lowest BCUT2D eigenvalue weighted by Crippen LogP contribution is -2.54. The van der Waals surface area contributed by atoms with Gasteiger partial charge in [0.05, 0.1) is 0 Å². The van der Waals surface area contributed by atoms with Crippen LogP contribution in [-0.4, -0.2) is 60.6 Å². The minimum absolute atomic E-state index is 0.598. The molecule has 1 heterocycles. The molecule has 1 aliphatic rings. The lowest BCUT2D eigenvalue weighted by molar-refractivity contribution is 0.0736. The predicted molar refractivity (Wildman–Crippen MR) is 80.1 cm³/mol. The molecular formula is C15H33N3. The van der Waals surface area contributed by atoms with Gasteiger partial charge in [0.2, 0.25) is 0 Å². The molecule has 0 aromatic rings. The maximum atomic E-state index is 3.61. The summed E-state index contributed by atoms with van der Waals surface area (Å²) in [4.78, 5) is 5.28. The molecule has 1 fully saturated rings. The Hall–Kier alpha value is -0.120. The monoisotopic (exact) mass is 255 g/mol. The molecule has 0 spiro atoms. The van der Waals surface area contributed by atoms with Crippen LogP contribution in [0.25, 0.3) is 0 Å². The smallest absolute Gasteiger partial charge is 0.0221 e. The third-order valence-corrected chi connectivity index (χ3v) is 3.98. The van der Waals surface area contributed by atoms with Crippen molar-refractivity contribution >= 4 is 0 Å². The Bertz CT molecular complexity index is 208. The maximum Gasteiger partial charge on any atom is 0.0221 e. The number of nitrogens with zero attached hydrogens (tertiary/aromatic N) is 2. The largest absolute Gasteiger partial charge is 0.313 e. The molecule has 1 atom stereocenters. The summed E-state index contributed by atoms with van der Waals surface area (Å²) in [7, 11) is 0. The van der Waals surface area contributed by atoms with E-state index in [0.717, 1.165) is 12.6 Å². The maximum absolute atomic E-state index is 3.61. The van der Waals surface area contributed by atoms with E-state index in [9.17, 15) is 0 Å². The van der Waals surface area contributed by atoms with Crippen LogP contribution in [0.15, 0.2) is 0 Å². The van der Waals surface area contributed by atoms with E-state index in [1.54, 1.807) is 0 Å². The van der Waals surface area contributed by atoms with Crippen LogP contribution >= 0.6 is 0 Å². The van der Waals surface area contributed by atoms with Gasteiger partial charge in [0.1, 0.15) is 0 Å². The third-order valence-electron chi connectivity index (χ3n) is 3.98. The SMILES string of the molecule is CCCC(CNC(C)C)N1CCN(C(C)C)CC1. The van der Waals surface area contributed by atoms with E-state index in [1.165, 1.54) is 39.0 Å². The first kappa shape index (κ1) is 15.9. The van der Waals surface area contributed by atoms with Gasteiger partial charge in [0.25, 0.3) is 0 Å². The van der Waals surface area contributed by atoms with Gasteiger partial charge in [-0.05, 0) is 20.3 Å². The second kappa shape index (κ2) is 8.13. The predicted octanol–water partition coefficient (Wildman–Crippen LogP) is 2.18. The number of piperazine rings is 1. The average molecular weight is 255 g/mol. The van der Waals surface area contributed by atoms with Crippen molar-refractivity contribution in [3.63, 3.8) is 0 Å². The van der Waals surface area contributed by atoms with Gasteiger partial charge in [-0.2, -0.15) is 0 Å². The van der Waals surface area contributed by atoms with Gasteiger partial charge in [-0.3, -0.25) is 9.80 Å². The Morgan fingerprint density at radius 3 is 1.94 bits per heavy atom. The second-order valence-electron chi connectivity index (χ2n) is 6.17. The molecule has 0 aliphatic carbocycles. The molecule has 3 nitrogen and oxygen atoms in total. The van der Waals surface area contributed by atoms with Gasteiger partial charge in [-0.1, -0.05) is 27.2 Å². The van der Waals surface area contributed by atoms with Gasteiger partial charge in [0.15, 0.2) is 0 Å². The highest BCUT2D eigenvalue weighted by Crippen LogP contribution is 2.12. The Morgan fingerprint density at radius 1 is 0.944 bits per heavy atom. The molecule has 0 bridgehead atoms. The third kappa shape index (κ3) is 5.25.